The average molecular weight is 200 g/mol. The Hall–Kier alpha value is -0.0800. The van der Waals surface area contributed by atoms with Crippen LogP contribution in [0.4, 0.5) is 0 Å². The van der Waals surface area contributed by atoms with Gasteiger partial charge in [-0.25, -0.2) is 0 Å². The first-order chi connectivity index (χ1) is 6.77. The molecule has 0 spiro atoms. The van der Waals surface area contributed by atoms with E-state index in [0.717, 1.165) is 25.6 Å². The van der Waals surface area contributed by atoms with Crippen LogP contribution in [0.2, 0.25) is 0 Å². The summed E-state index contributed by atoms with van der Waals surface area (Å²) >= 11 is 0. The van der Waals surface area contributed by atoms with Crippen molar-refractivity contribution in [2.45, 2.75) is 46.5 Å². The van der Waals surface area contributed by atoms with Crippen LogP contribution in [0.1, 0.15) is 46.5 Å². The van der Waals surface area contributed by atoms with E-state index in [2.05, 4.69) is 31.4 Å². The van der Waals surface area contributed by atoms with Crippen molar-refractivity contribution in [3.63, 3.8) is 0 Å². The molecule has 0 aromatic rings. The Bertz CT molecular complexity index is 102. The highest BCUT2D eigenvalue weighted by atomic mass is 14.9. The summed E-state index contributed by atoms with van der Waals surface area (Å²) in [5, 5.41) is 6.92. The van der Waals surface area contributed by atoms with Crippen LogP contribution in [0.5, 0.6) is 0 Å². The molecule has 0 unspecified atom stereocenters. The Balaban J connectivity index is 2.85. The summed E-state index contributed by atoms with van der Waals surface area (Å²) in [4.78, 5) is 0. The molecule has 0 saturated heterocycles. The van der Waals surface area contributed by atoms with Gasteiger partial charge in [-0.3, -0.25) is 0 Å². The fraction of sp³-hybridized carbons (Fsp3) is 1.00. The molecule has 0 aliphatic heterocycles. The van der Waals surface area contributed by atoms with E-state index < -0.39 is 0 Å². The zero-order valence-corrected chi connectivity index (χ0v) is 10.2. The lowest BCUT2D eigenvalue weighted by Crippen LogP contribution is -2.25. The van der Waals surface area contributed by atoms with Gasteiger partial charge in [-0.15, -0.1) is 0 Å². The van der Waals surface area contributed by atoms with Gasteiger partial charge in [0.25, 0.3) is 0 Å². The van der Waals surface area contributed by atoms with Gasteiger partial charge < -0.3 is 10.6 Å². The molecule has 2 N–H and O–H groups in total. The topological polar surface area (TPSA) is 24.1 Å². The third-order valence-electron chi connectivity index (χ3n) is 2.22. The Morgan fingerprint density at radius 2 is 1.50 bits per heavy atom. The molecule has 0 bridgehead atoms. The number of hydrogen-bond acceptors (Lipinski definition) is 2. The molecule has 2 heteroatoms. The minimum atomic E-state index is 0.771. The van der Waals surface area contributed by atoms with E-state index in [0.29, 0.717) is 0 Å². The number of rotatable bonds is 10. The van der Waals surface area contributed by atoms with Gasteiger partial charge in [-0.1, -0.05) is 33.6 Å². The van der Waals surface area contributed by atoms with Crippen molar-refractivity contribution in [1.29, 1.82) is 0 Å². The molecule has 0 atom stereocenters. The molecule has 0 aromatic carbocycles. The Labute approximate surface area is 89.9 Å². The van der Waals surface area contributed by atoms with E-state index >= 15 is 0 Å². The summed E-state index contributed by atoms with van der Waals surface area (Å²) < 4.78 is 0. The molecule has 2 nitrogen and oxygen atoms in total. The van der Waals surface area contributed by atoms with E-state index in [1.165, 1.54) is 32.2 Å². The van der Waals surface area contributed by atoms with Gasteiger partial charge in [0.1, 0.15) is 0 Å². The molecule has 0 radical (unpaired) electrons. The third kappa shape index (κ3) is 11.9. The second-order valence-electron chi connectivity index (χ2n) is 4.41. The molecule has 0 aliphatic carbocycles. The number of nitrogens with one attached hydrogen (secondary N) is 2. The molecule has 0 rings (SSSR count). The summed E-state index contributed by atoms with van der Waals surface area (Å²) in [6, 6.07) is 0. The minimum Gasteiger partial charge on any atom is -0.317 e. The first kappa shape index (κ1) is 13.9. The highest BCUT2D eigenvalue weighted by Gasteiger charge is 1.92. The van der Waals surface area contributed by atoms with Gasteiger partial charge in [-0.2, -0.15) is 0 Å². The lowest BCUT2D eigenvalue weighted by Gasteiger charge is -2.07. The molecule has 0 heterocycles. The normalized spacial score (nSPS) is 11.1. The Morgan fingerprint density at radius 3 is 2.14 bits per heavy atom. The van der Waals surface area contributed by atoms with Gasteiger partial charge >= 0.3 is 0 Å². The van der Waals surface area contributed by atoms with Crippen molar-refractivity contribution in [2.24, 2.45) is 5.92 Å². The van der Waals surface area contributed by atoms with E-state index in [1.54, 1.807) is 0 Å². The van der Waals surface area contributed by atoms with Gasteiger partial charge in [0, 0.05) is 0 Å². The number of unbranched alkanes of at least 4 members (excludes halogenated alkanes) is 2. The maximum atomic E-state index is 3.47. The molecular weight excluding hydrogens is 172 g/mol. The van der Waals surface area contributed by atoms with Crippen LogP contribution in [0.25, 0.3) is 0 Å². The van der Waals surface area contributed by atoms with Crippen molar-refractivity contribution in [1.82, 2.24) is 10.6 Å². The third-order valence-corrected chi connectivity index (χ3v) is 2.22. The second-order valence-corrected chi connectivity index (χ2v) is 4.41. The van der Waals surface area contributed by atoms with E-state index in [-0.39, 0.29) is 0 Å². The fourth-order valence-electron chi connectivity index (χ4n) is 1.35. The lowest BCUT2D eigenvalue weighted by atomic mass is 10.2. The first-order valence-corrected chi connectivity index (χ1v) is 6.18. The molecule has 0 aliphatic rings. The highest BCUT2D eigenvalue weighted by Crippen LogP contribution is 1.91. The van der Waals surface area contributed by atoms with Gasteiger partial charge in [-0.05, 0) is 44.9 Å². The average Bonchev–Trinajstić information content (AvgIpc) is 2.15. The van der Waals surface area contributed by atoms with Crippen LogP contribution >= 0.6 is 0 Å². The molecule has 14 heavy (non-hydrogen) atoms. The summed E-state index contributed by atoms with van der Waals surface area (Å²) in [6.07, 6.45) is 5.25. The van der Waals surface area contributed by atoms with Crippen LogP contribution in [-0.2, 0) is 0 Å². The van der Waals surface area contributed by atoms with Crippen molar-refractivity contribution < 1.29 is 0 Å². The summed E-state index contributed by atoms with van der Waals surface area (Å²) in [5.74, 6) is 0.771. The quantitative estimate of drug-likeness (QED) is 0.529. The van der Waals surface area contributed by atoms with E-state index in [9.17, 15) is 0 Å². The van der Waals surface area contributed by atoms with Crippen LogP contribution in [0, 0.1) is 5.92 Å². The van der Waals surface area contributed by atoms with Crippen LogP contribution in [-0.4, -0.2) is 26.2 Å². The van der Waals surface area contributed by atoms with Crippen molar-refractivity contribution in [3.05, 3.63) is 0 Å². The maximum Gasteiger partial charge on any atom is -0.00258 e. The van der Waals surface area contributed by atoms with Gasteiger partial charge in [0.15, 0.2) is 0 Å². The molecule has 0 amide bonds. The van der Waals surface area contributed by atoms with E-state index in [1.807, 2.05) is 0 Å². The standard InChI is InChI=1S/C12H28N2/c1-4-5-6-8-13-9-7-10-14-11-12(2)3/h12-14H,4-11H2,1-3H3. The zero-order chi connectivity index (χ0) is 10.6. The second kappa shape index (κ2) is 11.0. The zero-order valence-electron chi connectivity index (χ0n) is 10.2. The van der Waals surface area contributed by atoms with Crippen LogP contribution in [0.15, 0.2) is 0 Å². The molecular formula is C12H28N2. The Morgan fingerprint density at radius 1 is 0.857 bits per heavy atom. The smallest absolute Gasteiger partial charge is 0.00258 e. The van der Waals surface area contributed by atoms with E-state index in [4.69, 9.17) is 0 Å². The largest absolute Gasteiger partial charge is 0.317 e. The van der Waals surface area contributed by atoms with Crippen LogP contribution in [0.3, 0.4) is 0 Å². The van der Waals surface area contributed by atoms with Gasteiger partial charge in [0.2, 0.25) is 0 Å². The van der Waals surface area contributed by atoms with Crippen molar-refractivity contribution >= 4 is 0 Å². The molecule has 0 fully saturated rings. The number of hydrogen-bond donors (Lipinski definition) is 2. The minimum absolute atomic E-state index is 0.771. The predicted octanol–water partition coefficient (Wildman–Crippen LogP) is 2.40. The van der Waals surface area contributed by atoms with Gasteiger partial charge in [0.05, 0.1) is 0 Å². The van der Waals surface area contributed by atoms with Crippen molar-refractivity contribution in [2.75, 3.05) is 26.2 Å². The molecule has 0 aromatic heterocycles. The molecule has 0 saturated carbocycles. The summed E-state index contributed by atoms with van der Waals surface area (Å²) in [5.41, 5.74) is 0. The first-order valence-electron chi connectivity index (χ1n) is 6.18. The lowest BCUT2D eigenvalue weighted by molar-refractivity contribution is 0.526. The fourth-order valence-corrected chi connectivity index (χ4v) is 1.35. The Kier molecular flexibility index (Phi) is 10.9. The predicted molar refractivity (Wildman–Crippen MR) is 64.7 cm³/mol. The summed E-state index contributed by atoms with van der Waals surface area (Å²) in [6.45, 7) is 11.4. The van der Waals surface area contributed by atoms with Crippen molar-refractivity contribution in [3.8, 4) is 0 Å². The SMILES string of the molecule is CCCCCNCCCNCC(C)C. The maximum absolute atomic E-state index is 3.47. The monoisotopic (exact) mass is 200 g/mol. The molecule has 86 valence electrons. The highest BCUT2D eigenvalue weighted by molar-refractivity contribution is 4.54. The van der Waals surface area contributed by atoms with Crippen LogP contribution < -0.4 is 10.6 Å². The summed E-state index contributed by atoms with van der Waals surface area (Å²) in [7, 11) is 0.